The molecule has 0 radical (unpaired) electrons. The molecule has 0 aromatic carbocycles. The van der Waals surface area contributed by atoms with Crippen LogP contribution in [0.3, 0.4) is 0 Å². The summed E-state index contributed by atoms with van der Waals surface area (Å²) in [4.78, 5) is 73.9. The summed E-state index contributed by atoms with van der Waals surface area (Å²) in [7, 11) is 4.63. The van der Waals surface area contributed by atoms with E-state index >= 15 is 0 Å². The number of amides is 1. The van der Waals surface area contributed by atoms with E-state index in [0.29, 0.717) is 56.9 Å². The Morgan fingerprint density at radius 2 is 1.63 bits per heavy atom. The number of tetrazole rings is 1. The molecule has 2 N–H and O–H groups in total. The number of allylic oxidation sites excluding steroid dienone is 6. The number of piperidine rings is 1. The number of Topliss-reactive ketones (excluding diaryl/α,β-unsaturated/α-hetero) is 3. The maximum absolute atomic E-state index is 14.5. The topological polar surface area (TPSA) is 219 Å². The lowest BCUT2D eigenvalue weighted by molar-refractivity contribution is -0.265. The monoisotopic (exact) mass is 980 g/mol. The normalized spacial score (nSPS) is 37.8. The Bertz CT molecular complexity index is 2040. The zero-order valence-corrected chi connectivity index (χ0v) is 43.2. The number of fused-ring (bicyclic) bond motifs is 3. The largest absolute Gasteiger partial charge is 0.460 e. The maximum atomic E-state index is 14.5. The van der Waals surface area contributed by atoms with Gasteiger partial charge in [0.2, 0.25) is 5.79 Å². The highest BCUT2D eigenvalue weighted by Gasteiger charge is 2.53. The van der Waals surface area contributed by atoms with Crippen LogP contribution in [0.15, 0.2) is 53.9 Å². The number of aromatic nitrogens is 4. The van der Waals surface area contributed by atoms with E-state index in [9.17, 15) is 34.2 Å². The summed E-state index contributed by atoms with van der Waals surface area (Å²) in [5.74, 6) is -7.72. The van der Waals surface area contributed by atoms with Crippen LogP contribution in [-0.4, -0.2) is 141 Å². The second-order valence-corrected chi connectivity index (χ2v) is 20.7. The first-order valence-electron chi connectivity index (χ1n) is 25.5. The van der Waals surface area contributed by atoms with Gasteiger partial charge in [-0.1, -0.05) is 71.1 Å². The van der Waals surface area contributed by atoms with Gasteiger partial charge in [0.15, 0.2) is 12.1 Å². The highest BCUT2D eigenvalue weighted by atomic mass is 16.6. The van der Waals surface area contributed by atoms with E-state index in [-0.39, 0.29) is 60.9 Å². The van der Waals surface area contributed by atoms with Crippen LogP contribution in [-0.2, 0) is 47.7 Å². The fraction of sp³-hybridized carbons (Fsp3) is 0.736. The summed E-state index contributed by atoms with van der Waals surface area (Å²) >= 11 is 0. The number of carbonyl (C=O) groups excluding carboxylic acids is 5. The summed E-state index contributed by atoms with van der Waals surface area (Å²) in [6, 6.07) is -1.24. The number of cyclic esters (lactones) is 1. The molecule has 15 atom stereocenters. The molecule has 390 valence electrons. The van der Waals surface area contributed by atoms with Crippen LogP contribution in [0.2, 0.25) is 0 Å². The fourth-order valence-corrected chi connectivity index (χ4v) is 10.7. The number of ketones is 3. The van der Waals surface area contributed by atoms with Gasteiger partial charge in [0.1, 0.15) is 30.1 Å². The zero-order valence-electron chi connectivity index (χ0n) is 43.2. The maximum Gasteiger partial charge on any atom is 0.329 e. The zero-order chi connectivity index (χ0) is 51.3. The molecule has 1 aliphatic carbocycles. The SMILES string of the molecule is CO[C@H]1C[C@@H]2CC[C@@H](C)[C@@](O)(O2)C(=O)C(=O)N2CCCC[C@H]2C(=O)O[C@H]([C@H](C)C[C@@H]2CC[C@H](n3ncnn3)[C@H](OC)C2)CC(=O)[C@H](C)/C=C(\C)[C@@H](O)[C@@H](OC)C(=O)[C@H](C)CC[C@H](C)/C=C/C=C/C=C1C. The summed E-state index contributed by atoms with van der Waals surface area (Å²) in [5, 5.41) is 35.7. The van der Waals surface area contributed by atoms with E-state index in [4.69, 9.17) is 23.7 Å². The minimum absolute atomic E-state index is 0.0875. The van der Waals surface area contributed by atoms with Crippen LogP contribution in [0.25, 0.3) is 0 Å². The van der Waals surface area contributed by atoms with Crippen molar-refractivity contribution in [2.24, 2.45) is 35.5 Å². The van der Waals surface area contributed by atoms with Gasteiger partial charge in [-0.15, -0.1) is 10.2 Å². The number of hydrogen-bond acceptors (Lipinski definition) is 15. The molecule has 1 aromatic rings. The average molecular weight is 980 g/mol. The summed E-state index contributed by atoms with van der Waals surface area (Å²) in [5.41, 5.74) is 1.29. The molecule has 5 rings (SSSR count). The van der Waals surface area contributed by atoms with Crippen molar-refractivity contribution in [1.82, 2.24) is 25.1 Å². The number of methoxy groups -OCH3 is 3. The molecule has 17 nitrogen and oxygen atoms in total. The van der Waals surface area contributed by atoms with Crippen molar-refractivity contribution in [3.8, 4) is 0 Å². The highest BCUT2D eigenvalue weighted by molar-refractivity contribution is 6.39. The third-order valence-corrected chi connectivity index (χ3v) is 15.5. The Morgan fingerprint density at radius 3 is 2.31 bits per heavy atom. The van der Waals surface area contributed by atoms with Crippen LogP contribution >= 0.6 is 0 Å². The van der Waals surface area contributed by atoms with Gasteiger partial charge in [0.25, 0.3) is 11.7 Å². The lowest BCUT2D eigenvalue weighted by atomic mass is 9.77. The Morgan fingerprint density at radius 1 is 0.871 bits per heavy atom. The molecule has 70 heavy (non-hydrogen) atoms. The van der Waals surface area contributed by atoms with Gasteiger partial charge in [0, 0.05) is 58.5 Å². The van der Waals surface area contributed by atoms with Crippen molar-refractivity contribution in [2.75, 3.05) is 27.9 Å². The number of hydrogen-bond donors (Lipinski definition) is 2. The van der Waals surface area contributed by atoms with E-state index in [1.165, 1.54) is 18.3 Å². The van der Waals surface area contributed by atoms with Crippen LogP contribution in [0, 0.1) is 35.5 Å². The predicted octanol–water partition coefficient (Wildman–Crippen LogP) is 6.44. The highest BCUT2D eigenvalue weighted by Crippen LogP contribution is 2.39. The number of aliphatic hydroxyl groups is 2. The lowest BCUT2D eigenvalue weighted by Gasteiger charge is -2.42. The third kappa shape index (κ3) is 14.5. The lowest BCUT2D eigenvalue weighted by Crippen LogP contribution is -2.61. The predicted molar refractivity (Wildman–Crippen MR) is 261 cm³/mol. The van der Waals surface area contributed by atoms with Crippen molar-refractivity contribution in [3.05, 3.63) is 53.9 Å². The Balaban J connectivity index is 1.45. The molecule has 3 aliphatic heterocycles. The molecule has 2 saturated heterocycles. The van der Waals surface area contributed by atoms with Crippen molar-refractivity contribution in [3.63, 3.8) is 0 Å². The average Bonchev–Trinajstić information content (AvgIpc) is 3.90. The van der Waals surface area contributed by atoms with Gasteiger partial charge < -0.3 is 38.8 Å². The van der Waals surface area contributed by atoms with Crippen molar-refractivity contribution in [1.29, 1.82) is 0 Å². The molecule has 0 spiro atoms. The van der Waals surface area contributed by atoms with Gasteiger partial charge >= 0.3 is 5.97 Å². The Labute approximate surface area is 414 Å². The molecule has 4 heterocycles. The third-order valence-electron chi connectivity index (χ3n) is 15.5. The van der Waals surface area contributed by atoms with Gasteiger partial charge in [-0.25, -0.2) is 4.79 Å². The van der Waals surface area contributed by atoms with Gasteiger partial charge in [-0.2, -0.15) is 4.80 Å². The van der Waals surface area contributed by atoms with Crippen LogP contribution in [0.4, 0.5) is 0 Å². The molecular weight excluding hydrogens is 899 g/mol. The van der Waals surface area contributed by atoms with Gasteiger partial charge in [0.05, 0.1) is 24.4 Å². The molecule has 0 unspecified atom stereocenters. The summed E-state index contributed by atoms with van der Waals surface area (Å²) in [6.45, 7) is 12.9. The molecule has 1 aromatic heterocycles. The van der Waals surface area contributed by atoms with Crippen LogP contribution in [0.1, 0.15) is 138 Å². The van der Waals surface area contributed by atoms with Crippen molar-refractivity contribution < 1.29 is 57.9 Å². The van der Waals surface area contributed by atoms with Crippen LogP contribution in [0.5, 0.6) is 0 Å². The van der Waals surface area contributed by atoms with E-state index < -0.39 is 77.8 Å². The van der Waals surface area contributed by atoms with Gasteiger partial charge in [-0.05, 0) is 119 Å². The first-order chi connectivity index (χ1) is 33.3. The second-order valence-electron chi connectivity index (χ2n) is 20.7. The smallest absolute Gasteiger partial charge is 0.329 e. The minimum atomic E-state index is -2.43. The number of nitrogens with zero attached hydrogens (tertiary/aromatic N) is 5. The van der Waals surface area contributed by atoms with E-state index in [1.807, 2.05) is 45.1 Å². The Hall–Kier alpha value is -4.26. The molecule has 3 fully saturated rings. The summed E-state index contributed by atoms with van der Waals surface area (Å²) in [6.07, 6.45) is 14.7. The minimum Gasteiger partial charge on any atom is -0.460 e. The Kier molecular flexibility index (Phi) is 21.4. The quantitative estimate of drug-likeness (QED) is 0.171. The number of esters is 1. The van der Waals surface area contributed by atoms with Crippen molar-refractivity contribution in [2.45, 2.75) is 186 Å². The molecular formula is C53H81N5O12. The first kappa shape index (κ1) is 56.7. The second kappa shape index (κ2) is 26.4. The number of carbonyl (C=O) groups is 5. The first-order valence-corrected chi connectivity index (χ1v) is 25.5. The van der Waals surface area contributed by atoms with Crippen LogP contribution < -0.4 is 0 Å². The molecule has 1 saturated carbocycles. The van der Waals surface area contributed by atoms with E-state index in [0.717, 1.165) is 24.8 Å². The van der Waals surface area contributed by atoms with E-state index in [2.05, 4.69) is 28.4 Å². The number of rotatable bonds is 7. The van der Waals surface area contributed by atoms with Gasteiger partial charge in [-0.3, -0.25) is 19.2 Å². The molecule has 4 aliphatic rings. The molecule has 1 amide bonds. The van der Waals surface area contributed by atoms with E-state index in [1.54, 1.807) is 45.9 Å². The summed E-state index contributed by atoms with van der Waals surface area (Å²) < 4.78 is 29.9. The van der Waals surface area contributed by atoms with Crippen molar-refractivity contribution >= 4 is 29.2 Å². The number of ether oxygens (including phenoxy) is 5. The molecule has 17 heteroatoms. The standard InChI is InChI=1S/C53H81N5O12/c1-32-16-12-11-13-17-33(2)44(66-8)29-40-23-21-38(7)53(65,70-40)50(62)51(63)57-25-15-14-18-42(57)52(64)69-45(36(5)27-39-22-24-41(46(28-39)67-9)58-55-31-54-56-58)30-43(59)35(4)26-37(6)48(61)49(68-10)47(60)34(3)20-19-32/h11-13,16-17,26,31-32,34-36,38-42,44-46,48-49,61,65H,14-15,18-25,27-30H2,1-10H3/b13-11+,16-12+,33-17?,37-26+/t32-,34-,35-,36-,38-,39+,40+,41+,42+,44+,45+,46-,48-,49+,53-/m1/s1. The fourth-order valence-electron chi connectivity index (χ4n) is 10.7. The number of aliphatic hydroxyl groups excluding tert-OH is 1. The molecule has 2 bridgehead atoms.